The Hall–Kier alpha value is -2.53. The quantitative estimate of drug-likeness (QED) is 0.171. The summed E-state index contributed by atoms with van der Waals surface area (Å²) < 4.78 is 0. The van der Waals surface area contributed by atoms with Crippen LogP contribution in [-0.4, -0.2) is 22.3 Å². The van der Waals surface area contributed by atoms with E-state index in [0.29, 0.717) is 17.4 Å². The average Bonchev–Trinajstić information content (AvgIpc) is 2.97. The van der Waals surface area contributed by atoms with Crippen LogP contribution in [0, 0.1) is 6.92 Å². The maximum absolute atomic E-state index is 5.73. The number of allylic oxidation sites excluding steroid dienone is 2. The fraction of sp³-hybridized carbons (Fsp3) is 0.465. The van der Waals surface area contributed by atoms with Gasteiger partial charge >= 0.3 is 0 Å². The van der Waals surface area contributed by atoms with Crippen LogP contribution in [0.4, 0.5) is 5.69 Å². The van der Waals surface area contributed by atoms with Crippen molar-refractivity contribution in [3.8, 4) is 0 Å². The summed E-state index contributed by atoms with van der Waals surface area (Å²) in [5, 5.41) is 9.90. The molecule has 1 aliphatic carbocycles. The molecular weight excluding hydrogens is 606 g/mol. The SMILES string of the molecule is CC1=CCC2Nc3ccc(C)cc3P(C(C)C)Cc3cc(C(C)(C)C)cc4cc5cc(C(C)(C)C)cc(c5nc34)CP(C(C)C)C2=C1. The van der Waals surface area contributed by atoms with Gasteiger partial charge in [0, 0.05) is 16.5 Å². The highest BCUT2D eigenvalue weighted by molar-refractivity contribution is 7.66. The number of pyridine rings is 1. The van der Waals surface area contributed by atoms with E-state index in [4.69, 9.17) is 4.98 Å². The highest BCUT2D eigenvalue weighted by atomic mass is 31.1. The normalized spacial score (nSPS) is 20.7. The standard InChI is InChI=1S/C43H56N2P2/c1-26(2)46-24-32-22-34(42(7,8)9)20-30-19-31-21-35(43(10,11)12)23-33(41(31)45-40(30)32)25-47(27(3)4)39-18-29(6)14-16-37(39)44-36-15-13-28(5)17-38(36)46/h13-15,17-23,26-27,37,44H,16,24-25H2,1-12H3. The Kier molecular flexibility index (Phi) is 9.30. The van der Waals surface area contributed by atoms with Crippen LogP contribution in [0.2, 0.25) is 0 Å². The average molecular weight is 663 g/mol. The smallest absolute Gasteiger partial charge is 0.0745 e. The lowest BCUT2D eigenvalue weighted by Gasteiger charge is -2.36. The summed E-state index contributed by atoms with van der Waals surface area (Å²) >= 11 is 0. The maximum atomic E-state index is 5.73. The number of rotatable bonds is 2. The van der Waals surface area contributed by atoms with Gasteiger partial charge in [0.1, 0.15) is 0 Å². The molecule has 2 nitrogen and oxygen atoms in total. The van der Waals surface area contributed by atoms with Crippen molar-refractivity contribution in [3.05, 3.63) is 99.4 Å². The summed E-state index contributed by atoms with van der Waals surface area (Å²) in [4.78, 5) is 5.73. The molecule has 3 unspecified atom stereocenters. The Labute approximate surface area is 287 Å². The molecule has 47 heavy (non-hydrogen) atoms. The molecule has 0 saturated heterocycles. The number of aromatic nitrogens is 1. The molecule has 4 heteroatoms. The molecule has 0 fully saturated rings. The Balaban J connectivity index is 1.72. The highest BCUT2D eigenvalue weighted by Crippen LogP contribution is 2.57. The van der Waals surface area contributed by atoms with Gasteiger partial charge in [0.2, 0.25) is 0 Å². The van der Waals surface area contributed by atoms with Crippen LogP contribution < -0.4 is 10.6 Å². The van der Waals surface area contributed by atoms with Gasteiger partial charge in [-0.2, -0.15) is 0 Å². The van der Waals surface area contributed by atoms with Crippen molar-refractivity contribution < 1.29 is 0 Å². The first-order chi connectivity index (χ1) is 22.0. The van der Waals surface area contributed by atoms with Gasteiger partial charge in [-0.05, 0) is 118 Å². The zero-order chi connectivity index (χ0) is 34.0. The number of hydrogen-bond acceptors (Lipinski definition) is 2. The largest absolute Gasteiger partial charge is 0.377 e. The zero-order valence-electron chi connectivity index (χ0n) is 31.0. The fourth-order valence-electron chi connectivity index (χ4n) is 7.22. The lowest BCUT2D eigenvalue weighted by molar-refractivity contribution is 0.590. The summed E-state index contributed by atoms with van der Waals surface area (Å²) in [6, 6.07) is 19.8. The summed E-state index contributed by atoms with van der Waals surface area (Å²) in [7, 11) is -0.976. The number of nitrogens with one attached hydrogen (secondary N) is 1. The molecule has 0 spiro atoms. The van der Waals surface area contributed by atoms with E-state index in [0.717, 1.165) is 18.7 Å². The molecule has 6 rings (SSSR count). The topological polar surface area (TPSA) is 24.9 Å². The van der Waals surface area contributed by atoms with Gasteiger partial charge < -0.3 is 5.32 Å². The van der Waals surface area contributed by atoms with Gasteiger partial charge in [-0.3, -0.25) is 0 Å². The molecule has 2 aliphatic rings. The van der Waals surface area contributed by atoms with Crippen molar-refractivity contribution in [2.75, 3.05) is 5.32 Å². The highest BCUT2D eigenvalue weighted by Gasteiger charge is 2.31. The second-order valence-electron chi connectivity index (χ2n) is 16.8. The molecule has 2 bridgehead atoms. The first kappa shape index (κ1) is 34.3. The van der Waals surface area contributed by atoms with Crippen LogP contribution in [0.25, 0.3) is 21.8 Å². The van der Waals surface area contributed by atoms with E-state index in [9.17, 15) is 0 Å². The molecule has 0 saturated carbocycles. The minimum atomic E-state index is -0.508. The van der Waals surface area contributed by atoms with Crippen molar-refractivity contribution in [2.24, 2.45) is 0 Å². The number of nitrogens with zero attached hydrogens (tertiary/aromatic N) is 1. The first-order valence-corrected chi connectivity index (χ1v) is 20.9. The van der Waals surface area contributed by atoms with Crippen molar-refractivity contribution in [1.82, 2.24) is 4.98 Å². The summed E-state index contributed by atoms with van der Waals surface area (Å²) in [6.07, 6.45) is 8.09. The third-order valence-electron chi connectivity index (χ3n) is 10.2. The second kappa shape index (κ2) is 12.7. The summed E-state index contributed by atoms with van der Waals surface area (Å²) in [5.41, 5.74) is 13.3. The molecule has 3 atom stereocenters. The van der Waals surface area contributed by atoms with E-state index in [1.165, 1.54) is 66.2 Å². The third kappa shape index (κ3) is 6.98. The molecule has 248 valence electrons. The van der Waals surface area contributed by atoms with E-state index >= 15 is 0 Å². The van der Waals surface area contributed by atoms with Crippen molar-refractivity contribution in [1.29, 1.82) is 0 Å². The van der Waals surface area contributed by atoms with E-state index < -0.39 is 15.8 Å². The summed E-state index contributed by atoms with van der Waals surface area (Å²) in [6.45, 7) is 28.4. The molecule has 1 aliphatic heterocycles. The maximum Gasteiger partial charge on any atom is 0.0745 e. The molecular formula is C43H56N2P2. The number of benzene rings is 3. The van der Waals surface area contributed by atoms with Crippen LogP contribution in [0.3, 0.4) is 0 Å². The Bertz CT molecular complexity index is 1900. The zero-order valence-corrected chi connectivity index (χ0v) is 32.8. The predicted molar refractivity (Wildman–Crippen MR) is 213 cm³/mol. The van der Waals surface area contributed by atoms with Crippen molar-refractivity contribution in [2.45, 2.75) is 130 Å². The van der Waals surface area contributed by atoms with Crippen LogP contribution in [0.5, 0.6) is 0 Å². The number of hydrogen-bond donors (Lipinski definition) is 1. The lowest BCUT2D eigenvalue weighted by Crippen LogP contribution is -2.28. The van der Waals surface area contributed by atoms with Crippen LogP contribution in [0.1, 0.15) is 110 Å². The first-order valence-electron chi connectivity index (χ1n) is 17.7. The van der Waals surface area contributed by atoms with Gasteiger partial charge in [-0.25, -0.2) is 4.98 Å². The summed E-state index contributed by atoms with van der Waals surface area (Å²) in [5.74, 6) is 0. The van der Waals surface area contributed by atoms with Crippen LogP contribution in [-0.2, 0) is 23.2 Å². The van der Waals surface area contributed by atoms with Crippen molar-refractivity contribution >= 4 is 48.6 Å². The molecule has 0 radical (unpaired) electrons. The lowest BCUT2D eigenvalue weighted by atomic mass is 9.84. The fourth-order valence-corrected chi connectivity index (χ4v) is 12.4. The van der Waals surface area contributed by atoms with Gasteiger partial charge in [0.05, 0.1) is 17.1 Å². The molecule has 2 heterocycles. The molecule has 4 aromatic rings. The van der Waals surface area contributed by atoms with Crippen LogP contribution >= 0.6 is 15.8 Å². The predicted octanol–water partition coefficient (Wildman–Crippen LogP) is 12.4. The minimum Gasteiger partial charge on any atom is -0.377 e. The third-order valence-corrected chi connectivity index (χ3v) is 16.1. The Morgan fingerprint density at radius 1 is 0.723 bits per heavy atom. The van der Waals surface area contributed by atoms with Crippen LogP contribution in [0.15, 0.2) is 71.6 Å². The number of aryl methyl sites for hydroxylation is 1. The van der Waals surface area contributed by atoms with E-state index in [1.54, 1.807) is 5.31 Å². The van der Waals surface area contributed by atoms with E-state index in [1.807, 2.05) is 0 Å². The van der Waals surface area contributed by atoms with E-state index in [2.05, 4.69) is 149 Å². The van der Waals surface area contributed by atoms with Gasteiger partial charge in [0.15, 0.2) is 0 Å². The Morgan fingerprint density at radius 2 is 1.28 bits per heavy atom. The minimum absolute atomic E-state index is 0.0518. The van der Waals surface area contributed by atoms with Gasteiger partial charge in [0.25, 0.3) is 0 Å². The molecule has 0 amide bonds. The molecule has 1 aromatic heterocycles. The second-order valence-corrected chi connectivity index (χ2v) is 22.4. The number of fused-ring (bicyclic) bond motifs is 2. The monoisotopic (exact) mass is 662 g/mol. The molecule has 1 N–H and O–H groups in total. The van der Waals surface area contributed by atoms with Gasteiger partial charge in [-0.1, -0.05) is 127 Å². The molecule has 3 aromatic carbocycles. The van der Waals surface area contributed by atoms with E-state index in [-0.39, 0.29) is 10.8 Å². The number of anilines is 1. The Morgan fingerprint density at radius 3 is 1.81 bits per heavy atom. The van der Waals surface area contributed by atoms with Crippen molar-refractivity contribution in [3.63, 3.8) is 0 Å². The van der Waals surface area contributed by atoms with Gasteiger partial charge in [-0.15, -0.1) is 0 Å².